The molecule has 0 spiro atoms. The average molecular weight is 329 g/mol. The molecule has 0 aliphatic carbocycles. The van der Waals surface area contributed by atoms with E-state index in [2.05, 4.69) is 48.9 Å². The molecular weight excluding hydrogens is 296 g/mol. The number of aryl methyl sites for hydroxylation is 2. The molecule has 1 amide bonds. The van der Waals surface area contributed by atoms with Gasteiger partial charge in [0.25, 0.3) is 0 Å². The van der Waals surface area contributed by atoms with Gasteiger partial charge in [-0.1, -0.05) is 31.9 Å². The Hall–Kier alpha value is -1.77. The molecule has 3 heteroatoms. The van der Waals surface area contributed by atoms with Crippen LogP contribution in [-0.2, 0) is 24.2 Å². The third-order valence-electron chi connectivity index (χ3n) is 4.38. The van der Waals surface area contributed by atoms with Crippen LogP contribution in [0.1, 0.15) is 64.3 Å². The predicted molar refractivity (Wildman–Crippen MR) is 103 cm³/mol. The largest absolute Gasteiger partial charge is 0.350 e. The van der Waals surface area contributed by atoms with E-state index in [9.17, 15) is 4.79 Å². The van der Waals surface area contributed by atoms with Gasteiger partial charge in [0.15, 0.2) is 0 Å². The molecule has 1 aromatic heterocycles. The highest BCUT2D eigenvalue weighted by Crippen LogP contribution is 2.29. The summed E-state index contributed by atoms with van der Waals surface area (Å²) in [6, 6.07) is 6.58. The first-order chi connectivity index (χ1) is 11.3. The summed E-state index contributed by atoms with van der Waals surface area (Å²) in [6.45, 7) is 13.0. The van der Waals surface area contributed by atoms with E-state index in [4.69, 9.17) is 0 Å². The van der Waals surface area contributed by atoms with Crippen molar-refractivity contribution in [2.75, 3.05) is 0 Å². The predicted octanol–water partition coefficient (Wildman–Crippen LogP) is 4.77. The van der Waals surface area contributed by atoms with E-state index < -0.39 is 0 Å². The Kier molecular flexibility index (Phi) is 5.74. The number of benzene rings is 1. The van der Waals surface area contributed by atoms with Gasteiger partial charge in [0, 0.05) is 22.1 Å². The topological polar surface area (TPSA) is 34.0 Å². The molecule has 0 radical (unpaired) electrons. The fourth-order valence-electron chi connectivity index (χ4n) is 3.40. The monoisotopic (exact) mass is 328 g/mol. The number of nitrogens with one attached hydrogen (secondary N) is 1. The molecule has 24 heavy (non-hydrogen) atoms. The van der Waals surface area contributed by atoms with E-state index in [-0.39, 0.29) is 11.4 Å². The number of amides is 1. The number of fused-ring (bicyclic) bond motifs is 1. The summed E-state index contributed by atoms with van der Waals surface area (Å²) in [5, 5.41) is 4.41. The van der Waals surface area contributed by atoms with Crippen LogP contribution in [-0.4, -0.2) is 16.0 Å². The van der Waals surface area contributed by atoms with Gasteiger partial charge >= 0.3 is 0 Å². The molecule has 0 fully saturated rings. The Morgan fingerprint density at radius 2 is 1.92 bits per heavy atom. The Balaban J connectivity index is 2.50. The second kappa shape index (κ2) is 7.42. The van der Waals surface area contributed by atoms with Crippen LogP contribution in [0.15, 0.2) is 18.2 Å². The highest BCUT2D eigenvalue weighted by atomic mass is 16.2. The number of rotatable bonds is 6. The van der Waals surface area contributed by atoms with Crippen LogP contribution in [0.25, 0.3) is 10.9 Å². The van der Waals surface area contributed by atoms with Crippen LogP contribution < -0.4 is 5.32 Å². The van der Waals surface area contributed by atoms with Crippen molar-refractivity contribution in [3.05, 3.63) is 35.0 Å². The molecule has 0 aliphatic rings. The van der Waals surface area contributed by atoms with Crippen LogP contribution >= 0.6 is 0 Å². The first kappa shape index (κ1) is 18.6. The van der Waals surface area contributed by atoms with E-state index >= 15 is 0 Å². The van der Waals surface area contributed by atoms with Crippen LogP contribution in [0.5, 0.6) is 0 Å². The van der Waals surface area contributed by atoms with Gasteiger partial charge in [0.1, 0.15) is 6.54 Å². The van der Waals surface area contributed by atoms with Gasteiger partial charge in [-0.3, -0.25) is 4.79 Å². The van der Waals surface area contributed by atoms with Gasteiger partial charge in [-0.25, -0.2) is 0 Å². The van der Waals surface area contributed by atoms with Crippen molar-refractivity contribution in [1.29, 1.82) is 0 Å². The molecule has 132 valence electrons. The minimum Gasteiger partial charge on any atom is -0.350 e. The second-order valence-corrected chi connectivity index (χ2v) is 7.79. The quantitative estimate of drug-likeness (QED) is 0.814. The zero-order valence-corrected chi connectivity index (χ0v) is 16.1. The van der Waals surface area contributed by atoms with Crippen LogP contribution in [0.4, 0.5) is 0 Å². The minimum atomic E-state index is -0.201. The van der Waals surface area contributed by atoms with Crippen LogP contribution in [0.3, 0.4) is 0 Å². The third-order valence-corrected chi connectivity index (χ3v) is 4.38. The summed E-state index contributed by atoms with van der Waals surface area (Å²) >= 11 is 0. The molecule has 0 atom stereocenters. The molecular formula is C21H32N2O. The molecule has 0 aliphatic heterocycles. The van der Waals surface area contributed by atoms with Gasteiger partial charge in [-0.2, -0.15) is 0 Å². The molecule has 0 saturated carbocycles. The average Bonchev–Trinajstić information content (AvgIpc) is 2.75. The minimum absolute atomic E-state index is 0.0837. The fourth-order valence-corrected chi connectivity index (χ4v) is 3.40. The van der Waals surface area contributed by atoms with Crippen molar-refractivity contribution in [3.63, 3.8) is 0 Å². The second-order valence-electron chi connectivity index (χ2n) is 7.79. The summed E-state index contributed by atoms with van der Waals surface area (Å²) < 4.78 is 2.24. The van der Waals surface area contributed by atoms with Gasteiger partial charge in [0.05, 0.1) is 0 Å². The molecule has 0 saturated heterocycles. The summed E-state index contributed by atoms with van der Waals surface area (Å²) in [5.74, 6) is 0.0837. The van der Waals surface area contributed by atoms with Crippen molar-refractivity contribution in [2.24, 2.45) is 0 Å². The lowest BCUT2D eigenvalue weighted by Crippen LogP contribution is -2.42. The summed E-state index contributed by atoms with van der Waals surface area (Å²) in [6.07, 6.45) is 4.37. The summed E-state index contributed by atoms with van der Waals surface area (Å²) in [7, 11) is 0. The third kappa shape index (κ3) is 4.19. The highest BCUT2D eigenvalue weighted by molar-refractivity contribution is 5.88. The molecule has 1 N–H and O–H groups in total. The molecule has 2 aromatic rings. The first-order valence-electron chi connectivity index (χ1n) is 9.18. The SMILES string of the molecule is CCCCc1c(CC)c2cc(C)ccc2n1CC(=O)NC(C)(C)C. The number of aromatic nitrogens is 1. The number of nitrogens with zero attached hydrogens (tertiary/aromatic N) is 1. The number of hydrogen-bond acceptors (Lipinski definition) is 1. The number of carbonyl (C=O) groups excluding carboxylic acids is 1. The van der Waals surface area contributed by atoms with E-state index in [0.29, 0.717) is 6.54 Å². The van der Waals surface area contributed by atoms with Crippen LogP contribution in [0, 0.1) is 6.92 Å². The molecule has 3 nitrogen and oxygen atoms in total. The zero-order chi connectivity index (χ0) is 17.9. The van der Waals surface area contributed by atoms with E-state index in [1.54, 1.807) is 0 Å². The maximum atomic E-state index is 12.5. The lowest BCUT2D eigenvalue weighted by atomic mass is 10.0. The first-order valence-corrected chi connectivity index (χ1v) is 9.18. The van der Waals surface area contributed by atoms with Crippen molar-refractivity contribution in [2.45, 2.75) is 79.3 Å². The van der Waals surface area contributed by atoms with Gasteiger partial charge in [-0.05, 0) is 64.7 Å². The van der Waals surface area contributed by atoms with Crippen molar-refractivity contribution < 1.29 is 4.79 Å². The zero-order valence-electron chi connectivity index (χ0n) is 16.1. The smallest absolute Gasteiger partial charge is 0.240 e. The van der Waals surface area contributed by atoms with Crippen molar-refractivity contribution in [1.82, 2.24) is 9.88 Å². The van der Waals surface area contributed by atoms with E-state index in [1.165, 1.54) is 27.7 Å². The molecule has 1 heterocycles. The molecule has 0 unspecified atom stereocenters. The highest BCUT2D eigenvalue weighted by Gasteiger charge is 2.20. The number of unbranched alkanes of at least 4 members (excludes halogenated alkanes) is 1. The van der Waals surface area contributed by atoms with Gasteiger partial charge in [0.2, 0.25) is 5.91 Å². The number of carbonyl (C=O) groups is 1. The van der Waals surface area contributed by atoms with E-state index in [1.807, 2.05) is 20.8 Å². The maximum Gasteiger partial charge on any atom is 0.240 e. The lowest BCUT2D eigenvalue weighted by molar-refractivity contribution is -0.123. The Bertz CT molecular complexity index is 719. The van der Waals surface area contributed by atoms with E-state index in [0.717, 1.165) is 25.7 Å². The maximum absolute atomic E-state index is 12.5. The lowest BCUT2D eigenvalue weighted by Gasteiger charge is -2.21. The fraction of sp³-hybridized carbons (Fsp3) is 0.571. The Morgan fingerprint density at radius 3 is 2.50 bits per heavy atom. The van der Waals surface area contributed by atoms with Crippen LogP contribution in [0.2, 0.25) is 0 Å². The normalized spacial score (nSPS) is 11.9. The molecule has 1 aromatic carbocycles. The Labute approximate surface area is 146 Å². The van der Waals surface area contributed by atoms with Gasteiger partial charge < -0.3 is 9.88 Å². The van der Waals surface area contributed by atoms with Crippen molar-refractivity contribution >= 4 is 16.8 Å². The Morgan fingerprint density at radius 1 is 1.21 bits per heavy atom. The number of hydrogen-bond donors (Lipinski definition) is 1. The van der Waals surface area contributed by atoms with Gasteiger partial charge in [-0.15, -0.1) is 0 Å². The molecule has 2 rings (SSSR count). The summed E-state index contributed by atoms with van der Waals surface area (Å²) in [4.78, 5) is 12.5. The summed E-state index contributed by atoms with van der Waals surface area (Å²) in [5.41, 5.74) is 5.01. The standard InChI is InChI=1S/C21H32N2O/c1-7-9-10-18-16(8-2)17-13-15(3)11-12-19(17)23(18)14-20(24)22-21(4,5)6/h11-13H,7-10,14H2,1-6H3,(H,22,24). The van der Waals surface area contributed by atoms with Crippen molar-refractivity contribution in [3.8, 4) is 0 Å². The molecule has 0 bridgehead atoms.